The van der Waals surface area contributed by atoms with Gasteiger partial charge in [-0.1, -0.05) is 32.6 Å². The lowest BCUT2D eigenvalue weighted by molar-refractivity contribution is 0.165. The van der Waals surface area contributed by atoms with E-state index in [2.05, 4.69) is 0 Å². The van der Waals surface area contributed by atoms with E-state index in [9.17, 15) is 8.42 Å². The molecule has 0 atom stereocenters. The smallest absolute Gasteiger partial charge is 0.214 e. The number of hydrogen-bond acceptors (Lipinski definition) is 4. The molecule has 0 unspecified atom stereocenters. The van der Waals surface area contributed by atoms with Crippen LogP contribution in [0.25, 0.3) is 0 Å². The van der Waals surface area contributed by atoms with E-state index in [1.54, 1.807) is 11.4 Å². The highest BCUT2D eigenvalue weighted by molar-refractivity contribution is 7.89. The Balaban J connectivity index is 2.95. The Morgan fingerprint density at radius 2 is 1.81 bits per heavy atom. The summed E-state index contributed by atoms with van der Waals surface area (Å²) in [7, 11) is -1.67. The third-order valence-electron chi connectivity index (χ3n) is 4.46. The molecule has 126 valence electrons. The Kier molecular flexibility index (Phi) is 8.16. The topological polar surface area (TPSA) is 72.6 Å². The summed E-state index contributed by atoms with van der Waals surface area (Å²) in [6, 6.07) is 0. The van der Waals surface area contributed by atoms with E-state index < -0.39 is 10.0 Å². The first-order valence-corrected chi connectivity index (χ1v) is 9.83. The maximum absolute atomic E-state index is 12.8. The van der Waals surface area contributed by atoms with Crippen molar-refractivity contribution in [1.82, 2.24) is 4.31 Å². The highest BCUT2D eigenvalue weighted by Gasteiger charge is 2.41. The third kappa shape index (κ3) is 5.20. The van der Waals surface area contributed by atoms with Gasteiger partial charge in [0.15, 0.2) is 0 Å². The van der Waals surface area contributed by atoms with Gasteiger partial charge in [0, 0.05) is 32.3 Å². The summed E-state index contributed by atoms with van der Waals surface area (Å²) >= 11 is 0. The molecule has 1 fully saturated rings. The van der Waals surface area contributed by atoms with Crippen LogP contribution >= 0.6 is 0 Å². The van der Waals surface area contributed by atoms with E-state index in [0.29, 0.717) is 26.1 Å². The predicted octanol–water partition coefficient (Wildman–Crippen LogP) is 2.12. The zero-order chi connectivity index (χ0) is 15.8. The van der Waals surface area contributed by atoms with Gasteiger partial charge in [-0.05, 0) is 25.7 Å². The Bertz CT molecular complexity index is 376. The molecule has 0 amide bonds. The van der Waals surface area contributed by atoms with Crippen LogP contribution in [0.15, 0.2) is 0 Å². The monoisotopic (exact) mass is 320 g/mol. The van der Waals surface area contributed by atoms with Crippen molar-refractivity contribution in [3.8, 4) is 0 Å². The molecule has 6 heteroatoms. The first-order chi connectivity index (χ1) is 10.0. The van der Waals surface area contributed by atoms with Crippen LogP contribution in [0, 0.1) is 0 Å². The molecule has 1 saturated carbocycles. The number of rotatable bonds is 9. The molecule has 0 spiro atoms. The highest BCUT2D eigenvalue weighted by Crippen LogP contribution is 2.34. The fraction of sp³-hybridized carbons (Fsp3) is 1.00. The van der Waals surface area contributed by atoms with Crippen molar-refractivity contribution < 1.29 is 13.2 Å². The molecule has 0 aliphatic heterocycles. The van der Waals surface area contributed by atoms with Crippen LogP contribution in [0.5, 0.6) is 0 Å². The summed E-state index contributed by atoms with van der Waals surface area (Å²) in [5.41, 5.74) is 5.70. The average molecular weight is 320 g/mol. The quantitative estimate of drug-likeness (QED) is 0.522. The summed E-state index contributed by atoms with van der Waals surface area (Å²) < 4.78 is 32.3. The van der Waals surface area contributed by atoms with Crippen LogP contribution < -0.4 is 5.73 Å². The molecule has 21 heavy (non-hydrogen) atoms. The second-order valence-corrected chi connectivity index (χ2v) is 8.09. The molecule has 1 aliphatic rings. The fourth-order valence-electron chi connectivity index (χ4n) is 3.31. The summed E-state index contributed by atoms with van der Waals surface area (Å²) in [5.74, 6) is 0.155. The van der Waals surface area contributed by atoms with Gasteiger partial charge in [0.1, 0.15) is 0 Å². The molecular weight excluding hydrogens is 288 g/mol. The van der Waals surface area contributed by atoms with E-state index in [1.165, 1.54) is 12.8 Å². The van der Waals surface area contributed by atoms with Crippen LogP contribution in [0.1, 0.15) is 58.3 Å². The van der Waals surface area contributed by atoms with Crippen LogP contribution in [0.4, 0.5) is 0 Å². The van der Waals surface area contributed by atoms with E-state index in [1.807, 2.05) is 6.92 Å². The van der Waals surface area contributed by atoms with Crippen molar-refractivity contribution in [2.75, 3.05) is 32.6 Å². The molecule has 1 rings (SSSR count). The number of sulfonamides is 1. The lowest BCUT2D eigenvalue weighted by Crippen LogP contribution is -2.56. The van der Waals surface area contributed by atoms with Gasteiger partial charge in [0.2, 0.25) is 10.0 Å². The number of nitrogens with two attached hydrogens (primary N) is 1. The first kappa shape index (κ1) is 18.9. The van der Waals surface area contributed by atoms with E-state index in [0.717, 1.165) is 32.1 Å². The number of hydrogen-bond donors (Lipinski definition) is 1. The molecular formula is C15H32N2O3S. The zero-order valence-electron chi connectivity index (χ0n) is 13.6. The molecule has 2 N–H and O–H groups in total. The van der Waals surface area contributed by atoms with Gasteiger partial charge in [-0.2, -0.15) is 4.31 Å². The minimum absolute atomic E-state index is 0.155. The van der Waals surface area contributed by atoms with Crippen LogP contribution in [-0.2, 0) is 14.8 Å². The SMILES string of the molecule is CCCN(C1(CN)CCCCCC1)S(=O)(=O)CCCOC. The van der Waals surface area contributed by atoms with E-state index in [4.69, 9.17) is 10.5 Å². The second kappa shape index (κ2) is 9.08. The Morgan fingerprint density at radius 3 is 2.29 bits per heavy atom. The first-order valence-electron chi connectivity index (χ1n) is 8.22. The minimum atomic E-state index is -3.27. The molecule has 0 aromatic heterocycles. The molecule has 0 aromatic carbocycles. The highest BCUT2D eigenvalue weighted by atomic mass is 32.2. The molecule has 0 heterocycles. The Morgan fingerprint density at radius 1 is 1.19 bits per heavy atom. The van der Waals surface area contributed by atoms with Crippen molar-refractivity contribution in [3.63, 3.8) is 0 Å². The van der Waals surface area contributed by atoms with Gasteiger partial charge in [-0.25, -0.2) is 8.42 Å². The van der Waals surface area contributed by atoms with Crippen LogP contribution in [-0.4, -0.2) is 50.8 Å². The number of nitrogens with zero attached hydrogens (tertiary/aromatic N) is 1. The molecule has 0 aromatic rings. The molecule has 0 bridgehead atoms. The van der Waals surface area contributed by atoms with Crippen molar-refractivity contribution in [1.29, 1.82) is 0 Å². The summed E-state index contributed by atoms with van der Waals surface area (Å²) in [6.07, 6.45) is 7.68. The van der Waals surface area contributed by atoms with Gasteiger partial charge >= 0.3 is 0 Å². The molecule has 5 nitrogen and oxygen atoms in total. The minimum Gasteiger partial charge on any atom is -0.385 e. The van der Waals surface area contributed by atoms with Crippen molar-refractivity contribution in [3.05, 3.63) is 0 Å². The predicted molar refractivity (Wildman–Crippen MR) is 86.8 cm³/mol. The van der Waals surface area contributed by atoms with Crippen molar-refractivity contribution >= 4 is 10.0 Å². The Labute approximate surface area is 130 Å². The second-order valence-electron chi connectivity index (χ2n) is 6.08. The van der Waals surface area contributed by atoms with Crippen LogP contribution in [0.2, 0.25) is 0 Å². The van der Waals surface area contributed by atoms with E-state index in [-0.39, 0.29) is 11.3 Å². The average Bonchev–Trinajstić information content (AvgIpc) is 2.71. The summed E-state index contributed by atoms with van der Waals surface area (Å²) in [6.45, 7) is 3.51. The summed E-state index contributed by atoms with van der Waals surface area (Å²) in [4.78, 5) is 0. The van der Waals surface area contributed by atoms with Gasteiger partial charge in [-0.3, -0.25) is 0 Å². The van der Waals surface area contributed by atoms with Crippen LogP contribution in [0.3, 0.4) is 0 Å². The lowest BCUT2D eigenvalue weighted by Gasteiger charge is -2.42. The molecule has 0 radical (unpaired) electrons. The molecule has 1 aliphatic carbocycles. The number of methoxy groups -OCH3 is 1. The van der Waals surface area contributed by atoms with Crippen molar-refractivity contribution in [2.24, 2.45) is 5.73 Å². The van der Waals surface area contributed by atoms with Gasteiger partial charge in [0.25, 0.3) is 0 Å². The van der Waals surface area contributed by atoms with Crippen molar-refractivity contribution in [2.45, 2.75) is 63.8 Å². The standard InChI is InChI=1S/C15H32N2O3S/c1-3-11-17(21(18,19)13-8-12-20-2)15(14-16)9-6-4-5-7-10-15/h3-14,16H2,1-2H3. The maximum atomic E-state index is 12.8. The van der Waals surface area contributed by atoms with E-state index >= 15 is 0 Å². The Hall–Kier alpha value is -0.170. The molecule has 0 saturated heterocycles. The normalized spacial score (nSPS) is 19.6. The van der Waals surface area contributed by atoms with Gasteiger partial charge < -0.3 is 10.5 Å². The van der Waals surface area contributed by atoms with Gasteiger partial charge in [-0.15, -0.1) is 0 Å². The zero-order valence-corrected chi connectivity index (χ0v) is 14.5. The number of ether oxygens (including phenoxy) is 1. The maximum Gasteiger partial charge on any atom is 0.214 e. The fourth-order valence-corrected chi connectivity index (χ4v) is 5.32. The third-order valence-corrected chi connectivity index (χ3v) is 6.50. The van der Waals surface area contributed by atoms with Gasteiger partial charge in [0.05, 0.1) is 5.75 Å². The summed E-state index contributed by atoms with van der Waals surface area (Å²) in [5, 5.41) is 0. The largest absolute Gasteiger partial charge is 0.385 e. The lowest BCUT2D eigenvalue weighted by atomic mass is 9.90.